The molecular formula is C35H37N3O3S. The van der Waals surface area contributed by atoms with Gasteiger partial charge < -0.3 is 9.47 Å². The highest BCUT2D eigenvalue weighted by molar-refractivity contribution is 7.22. The van der Waals surface area contributed by atoms with E-state index in [9.17, 15) is 4.79 Å². The number of thiophene rings is 1. The first-order valence-electron chi connectivity index (χ1n) is 15.1. The van der Waals surface area contributed by atoms with Gasteiger partial charge in [0.25, 0.3) is 0 Å². The Kier molecular flexibility index (Phi) is 9.15. The van der Waals surface area contributed by atoms with Crippen molar-refractivity contribution in [3.8, 4) is 21.9 Å². The first-order chi connectivity index (χ1) is 20.7. The number of carbonyl (C=O) groups excluding carboxylic acids is 1. The van der Waals surface area contributed by atoms with E-state index in [0.29, 0.717) is 30.0 Å². The topological polar surface area (TPSA) is 46.4 Å². The molecule has 3 heterocycles. The van der Waals surface area contributed by atoms with Gasteiger partial charge in [0.05, 0.1) is 6.57 Å². The highest BCUT2D eigenvalue weighted by atomic mass is 32.1. The number of ether oxygens (including phenoxy) is 2. The Morgan fingerprint density at radius 3 is 1.93 bits per heavy atom. The lowest BCUT2D eigenvalue weighted by Crippen LogP contribution is -2.33. The molecule has 4 aromatic rings. The quantitative estimate of drug-likeness (QED) is 0.135. The van der Waals surface area contributed by atoms with E-state index in [1.54, 1.807) is 17.4 Å². The number of likely N-dealkylation sites (tertiary alicyclic amines) is 2. The van der Waals surface area contributed by atoms with E-state index in [4.69, 9.17) is 16.0 Å². The van der Waals surface area contributed by atoms with Crippen LogP contribution in [-0.4, -0.2) is 68.1 Å². The zero-order chi connectivity index (χ0) is 28.7. The van der Waals surface area contributed by atoms with Crippen molar-refractivity contribution < 1.29 is 14.3 Å². The fourth-order valence-corrected chi connectivity index (χ4v) is 7.15. The summed E-state index contributed by atoms with van der Waals surface area (Å²) in [5.41, 5.74) is 2.83. The van der Waals surface area contributed by atoms with Gasteiger partial charge in [0.2, 0.25) is 0 Å². The van der Waals surface area contributed by atoms with Gasteiger partial charge in [-0.05, 0) is 112 Å². The van der Waals surface area contributed by atoms with Crippen LogP contribution in [-0.2, 0) is 0 Å². The Morgan fingerprint density at radius 1 is 0.762 bits per heavy atom. The molecule has 6 nitrogen and oxygen atoms in total. The summed E-state index contributed by atoms with van der Waals surface area (Å²) in [4.78, 5) is 23.4. The fourth-order valence-electron chi connectivity index (χ4n) is 5.91. The predicted molar refractivity (Wildman–Crippen MR) is 170 cm³/mol. The van der Waals surface area contributed by atoms with Crippen molar-refractivity contribution in [2.75, 3.05) is 52.5 Å². The lowest BCUT2D eigenvalue weighted by Gasteiger charge is -2.26. The van der Waals surface area contributed by atoms with Crippen molar-refractivity contribution in [1.82, 2.24) is 9.80 Å². The third-order valence-corrected chi connectivity index (χ3v) is 9.46. The number of ketones is 1. The Labute approximate surface area is 252 Å². The van der Waals surface area contributed by atoms with Crippen molar-refractivity contribution in [2.24, 2.45) is 0 Å². The van der Waals surface area contributed by atoms with Gasteiger partial charge in [0, 0.05) is 39.2 Å². The number of piperidine rings is 1. The Bertz CT molecular complexity index is 1540. The van der Waals surface area contributed by atoms with Crippen molar-refractivity contribution in [2.45, 2.75) is 32.1 Å². The van der Waals surface area contributed by atoms with Gasteiger partial charge in [-0.2, -0.15) is 0 Å². The molecule has 2 saturated heterocycles. The number of fused-ring (bicyclic) bond motifs is 1. The van der Waals surface area contributed by atoms with Gasteiger partial charge in [-0.3, -0.25) is 14.6 Å². The predicted octanol–water partition coefficient (Wildman–Crippen LogP) is 7.69. The van der Waals surface area contributed by atoms with Crippen LogP contribution in [0.4, 0.5) is 5.69 Å². The van der Waals surface area contributed by atoms with Crippen LogP contribution in [0.3, 0.4) is 0 Å². The first-order valence-corrected chi connectivity index (χ1v) is 15.9. The van der Waals surface area contributed by atoms with Crippen molar-refractivity contribution >= 4 is 32.9 Å². The van der Waals surface area contributed by atoms with Crippen LogP contribution in [0.5, 0.6) is 11.5 Å². The van der Waals surface area contributed by atoms with Crippen LogP contribution >= 0.6 is 11.3 Å². The van der Waals surface area contributed by atoms with E-state index < -0.39 is 0 Å². The van der Waals surface area contributed by atoms with E-state index in [2.05, 4.69) is 14.6 Å². The van der Waals surface area contributed by atoms with Gasteiger partial charge >= 0.3 is 0 Å². The fraction of sp³-hybridized carbons (Fsp3) is 0.371. The Hall–Kier alpha value is -3.70. The average molecular weight is 580 g/mol. The number of hydrogen-bond acceptors (Lipinski definition) is 6. The summed E-state index contributed by atoms with van der Waals surface area (Å²) in [6.07, 6.45) is 6.42. The molecule has 6 rings (SSSR count). The second-order valence-corrected chi connectivity index (χ2v) is 12.2. The minimum absolute atomic E-state index is 0.0300. The lowest BCUT2D eigenvalue weighted by molar-refractivity contribution is 0.104. The Morgan fingerprint density at radius 2 is 1.33 bits per heavy atom. The van der Waals surface area contributed by atoms with Gasteiger partial charge in [0.1, 0.15) is 24.7 Å². The normalized spacial score (nSPS) is 16.0. The maximum atomic E-state index is 14.0. The molecule has 0 atom stereocenters. The molecule has 0 radical (unpaired) electrons. The molecule has 3 aromatic carbocycles. The molecule has 0 bridgehead atoms. The third-order valence-electron chi connectivity index (χ3n) is 8.26. The molecule has 0 spiro atoms. The second kappa shape index (κ2) is 13.5. The van der Waals surface area contributed by atoms with Crippen molar-refractivity contribution in [1.29, 1.82) is 0 Å². The van der Waals surface area contributed by atoms with Crippen molar-refractivity contribution in [3.63, 3.8) is 0 Å². The summed E-state index contributed by atoms with van der Waals surface area (Å²) >= 11 is 1.56. The molecule has 0 saturated carbocycles. The molecule has 2 aliphatic heterocycles. The van der Waals surface area contributed by atoms with Crippen LogP contribution < -0.4 is 9.47 Å². The van der Waals surface area contributed by atoms with E-state index in [1.807, 2.05) is 60.7 Å². The molecule has 0 amide bonds. The summed E-state index contributed by atoms with van der Waals surface area (Å²) in [7, 11) is 0. The second-order valence-electron chi connectivity index (χ2n) is 11.1. The van der Waals surface area contributed by atoms with E-state index in [0.717, 1.165) is 71.3 Å². The number of rotatable bonds is 11. The minimum Gasteiger partial charge on any atom is -0.492 e. The highest BCUT2D eigenvalue weighted by Crippen LogP contribution is 2.41. The van der Waals surface area contributed by atoms with Crippen LogP contribution in [0.1, 0.15) is 48.0 Å². The van der Waals surface area contributed by atoms with Gasteiger partial charge in [-0.25, -0.2) is 4.85 Å². The summed E-state index contributed by atoms with van der Waals surface area (Å²) in [6.45, 7) is 15.3. The summed E-state index contributed by atoms with van der Waals surface area (Å²) in [5.74, 6) is 1.58. The summed E-state index contributed by atoms with van der Waals surface area (Å²) in [6, 6.07) is 21.1. The van der Waals surface area contributed by atoms with Gasteiger partial charge in [-0.15, -0.1) is 11.3 Å². The number of hydrogen-bond donors (Lipinski definition) is 0. The Balaban J connectivity index is 1.19. The van der Waals surface area contributed by atoms with Crippen LogP contribution in [0.2, 0.25) is 0 Å². The number of nitrogens with zero attached hydrogens (tertiary/aromatic N) is 3. The van der Waals surface area contributed by atoms with Crippen molar-refractivity contribution in [3.05, 3.63) is 89.3 Å². The van der Waals surface area contributed by atoms with E-state index >= 15 is 0 Å². The number of benzene rings is 3. The largest absolute Gasteiger partial charge is 0.492 e. The summed E-state index contributed by atoms with van der Waals surface area (Å²) < 4.78 is 12.9. The van der Waals surface area contributed by atoms with Gasteiger partial charge in [0.15, 0.2) is 11.5 Å². The molecule has 1 aromatic heterocycles. The molecule has 2 fully saturated rings. The molecule has 216 valence electrons. The number of carbonyl (C=O) groups is 1. The van der Waals surface area contributed by atoms with Crippen LogP contribution in [0.25, 0.3) is 25.4 Å². The molecule has 7 heteroatoms. The molecule has 42 heavy (non-hydrogen) atoms. The smallest absolute Gasteiger partial charge is 0.195 e. The monoisotopic (exact) mass is 579 g/mol. The van der Waals surface area contributed by atoms with Gasteiger partial charge in [-0.1, -0.05) is 18.6 Å². The van der Waals surface area contributed by atoms with Crippen LogP contribution in [0, 0.1) is 6.57 Å². The van der Waals surface area contributed by atoms with E-state index in [-0.39, 0.29) is 5.78 Å². The van der Waals surface area contributed by atoms with E-state index in [1.165, 1.54) is 32.1 Å². The average Bonchev–Trinajstić information content (AvgIpc) is 3.70. The first kappa shape index (κ1) is 28.4. The molecule has 0 N–H and O–H groups in total. The zero-order valence-electron chi connectivity index (χ0n) is 24.0. The molecular weight excluding hydrogens is 542 g/mol. The minimum atomic E-state index is -0.0300. The maximum absolute atomic E-state index is 14.0. The van der Waals surface area contributed by atoms with Crippen LogP contribution in [0.15, 0.2) is 66.7 Å². The maximum Gasteiger partial charge on any atom is 0.195 e. The highest BCUT2D eigenvalue weighted by Gasteiger charge is 2.22. The molecule has 0 aliphatic carbocycles. The molecule has 0 unspecified atom stereocenters. The standard InChI is InChI=1S/C35H37N3O3S/c1-36-28-11-16-31-32(25-28)42-35(27-9-14-30(15-10-27)41-24-22-38-19-5-6-20-38)33(31)34(39)26-7-12-29(13-8-26)40-23-21-37-17-3-2-4-18-37/h7-16,25H,2-6,17-24H2. The SMILES string of the molecule is [C-]#[N+]c1ccc2c(C(=O)c3ccc(OCCN4CCCCC4)cc3)c(-c3ccc(OCCN4CCCC4)cc3)sc2c1. The zero-order valence-corrected chi connectivity index (χ0v) is 24.8. The lowest BCUT2D eigenvalue weighted by atomic mass is 9.97. The summed E-state index contributed by atoms with van der Waals surface area (Å²) in [5, 5.41) is 0.875. The molecule has 2 aliphatic rings. The third kappa shape index (κ3) is 6.68.